The van der Waals surface area contributed by atoms with Crippen LogP contribution in [0.3, 0.4) is 0 Å². The van der Waals surface area contributed by atoms with Crippen LogP contribution in [-0.4, -0.2) is 59.7 Å². The second kappa shape index (κ2) is 7.51. The minimum Gasteiger partial charge on any atom is -0.444 e. The monoisotopic (exact) mass is 375 g/mol. The van der Waals surface area contributed by atoms with Crippen molar-refractivity contribution in [3.05, 3.63) is 24.0 Å². The highest BCUT2D eigenvalue weighted by Gasteiger charge is 2.32. The fourth-order valence-corrected chi connectivity index (χ4v) is 3.07. The number of hydrogen-bond acceptors (Lipinski definition) is 6. The molecular formula is C18H25N5O4. The standard InChI is InChI=1S/C18H25N5O4/c1-18(2,3)27-17(26)23-9-7-19-11-14(23)13-5-4-12(10-20-13)22-8-6-15(24)21-16(22)25/h4-5,10,14,19H,6-9,11H2,1-3H3,(H,21,24,25). The number of hydrogen-bond donors (Lipinski definition) is 2. The van der Waals surface area contributed by atoms with E-state index in [4.69, 9.17) is 4.74 Å². The Morgan fingerprint density at radius 2 is 2.04 bits per heavy atom. The maximum absolute atomic E-state index is 12.5. The Bertz CT molecular complexity index is 728. The summed E-state index contributed by atoms with van der Waals surface area (Å²) < 4.78 is 5.51. The number of piperazine rings is 1. The minimum atomic E-state index is -0.567. The topological polar surface area (TPSA) is 104 Å². The Balaban J connectivity index is 1.75. The third-order valence-electron chi connectivity index (χ3n) is 4.35. The average molecular weight is 375 g/mol. The fraction of sp³-hybridized carbons (Fsp3) is 0.556. The van der Waals surface area contributed by atoms with Gasteiger partial charge in [-0.25, -0.2) is 9.59 Å². The van der Waals surface area contributed by atoms with Gasteiger partial charge in [0.2, 0.25) is 5.91 Å². The van der Waals surface area contributed by atoms with Crippen molar-refractivity contribution in [2.45, 2.75) is 38.8 Å². The first-order valence-electron chi connectivity index (χ1n) is 9.02. The van der Waals surface area contributed by atoms with Gasteiger partial charge in [-0.2, -0.15) is 0 Å². The van der Waals surface area contributed by atoms with Gasteiger partial charge in [0.1, 0.15) is 5.60 Å². The molecule has 9 heteroatoms. The average Bonchev–Trinajstić information content (AvgIpc) is 2.60. The Labute approximate surface area is 158 Å². The molecule has 0 saturated carbocycles. The second-order valence-electron chi connectivity index (χ2n) is 7.59. The lowest BCUT2D eigenvalue weighted by molar-refractivity contribution is -0.120. The van der Waals surface area contributed by atoms with Crippen LogP contribution in [0, 0.1) is 0 Å². The lowest BCUT2D eigenvalue weighted by atomic mass is 10.1. The van der Waals surface area contributed by atoms with Crippen molar-refractivity contribution < 1.29 is 19.1 Å². The third kappa shape index (κ3) is 4.54. The molecule has 2 aliphatic heterocycles. The summed E-state index contributed by atoms with van der Waals surface area (Å²) in [6.45, 7) is 7.62. The van der Waals surface area contributed by atoms with E-state index in [2.05, 4.69) is 15.6 Å². The first-order chi connectivity index (χ1) is 12.7. The number of amides is 4. The number of imide groups is 1. The molecule has 2 fully saturated rings. The van der Waals surface area contributed by atoms with E-state index in [1.807, 2.05) is 20.8 Å². The summed E-state index contributed by atoms with van der Waals surface area (Å²) in [5.41, 5.74) is 0.754. The van der Waals surface area contributed by atoms with Crippen LogP contribution >= 0.6 is 0 Å². The number of urea groups is 1. The Morgan fingerprint density at radius 3 is 2.67 bits per heavy atom. The van der Waals surface area contributed by atoms with Gasteiger partial charge in [0.05, 0.1) is 23.6 Å². The van der Waals surface area contributed by atoms with Gasteiger partial charge in [-0.05, 0) is 32.9 Å². The highest BCUT2D eigenvalue weighted by Crippen LogP contribution is 2.25. The van der Waals surface area contributed by atoms with E-state index in [1.54, 1.807) is 23.2 Å². The molecule has 2 saturated heterocycles. The van der Waals surface area contributed by atoms with Crippen LogP contribution in [0.2, 0.25) is 0 Å². The van der Waals surface area contributed by atoms with Gasteiger partial charge in [0.15, 0.2) is 0 Å². The molecule has 9 nitrogen and oxygen atoms in total. The van der Waals surface area contributed by atoms with E-state index < -0.39 is 11.6 Å². The smallest absolute Gasteiger partial charge is 0.410 e. The lowest BCUT2D eigenvalue weighted by Gasteiger charge is -2.37. The van der Waals surface area contributed by atoms with Gasteiger partial charge in [0, 0.05) is 32.6 Å². The zero-order chi connectivity index (χ0) is 19.6. The fourth-order valence-electron chi connectivity index (χ4n) is 3.07. The Morgan fingerprint density at radius 1 is 1.26 bits per heavy atom. The van der Waals surface area contributed by atoms with Crippen molar-refractivity contribution in [2.75, 3.05) is 31.1 Å². The van der Waals surface area contributed by atoms with Crippen molar-refractivity contribution >= 4 is 23.7 Å². The maximum Gasteiger partial charge on any atom is 0.410 e. The van der Waals surface area contributed by atoms with Crippen LogP contribution in [0.25, 0.3) is 0 Å². The van der Waals surface area contributed by atoms with Gasteiger partial charge < -0.3 is 10.1 Å². The summed E-state index contributed by atoms with van der Waals surface area (Å²) in [5, 5.41) is 5.56. The molecule has 4 amide bonds. The lowest BCUT2D eigenvalue weighted by Crippen LogP contribution is -2.50. The molecule has 2 aliphatic rings. The van der Waals surface area contributed by atoms with Gasteiger partial charge in [-0.1, -0.05) is 0 Å². The van der Waals surface area contributed by atoms with Gasteiger partial charge in [-0.3, -0.25) is 24.9 Å². The number of carbonyl (C=O) groups is 3. The van der Waals surface area contributed by atoms with Crippen molar-refractivity contribution in [3.63, 3.8) is 0 Å². The molecule has 1 aromatic rings. The van der Waals surface area contributed by atoms with Crippen LogP contribution in [0.5, 0.6) is 0 Å². The summed E-state index contributed by atoms with van der Waals surface area (Å²) in [5.74, 6) is -0.276. The number of aromatic nitrogens is 1. The van der Waals surface area contributed by atoms with Crippen LogP contribution in [0.1, 0.15) is 38.9 Å². The molecule has 1 aromatic heterocycles. The van der Waals surface area contributed by atoms with Crippen molar-refractivity contribution in [2.24, 2.45) is 0 Å². The number of anilines is 1. The maximum atomic E-state index is 12.5. The predicted octanol–water partition coefficient (Wildman–Crippen LogP) is 1.41. The molecule has 0 aliphatic carbocycles. The zero-order valence-corrected chi connectivity index (χ0v) is 15.8. The molecule has 27 heavy (non-hydrogen) atoms. The SMILES string of the molecule is CC(C)(C)OC(=O)N1CCNCC1c1ccc(N2CCC(=O)NC2=O)cn1. The first-order valence-corrected chi connectivity index (χ1v) is 9.02. The number of carbonyl (C=O) groups excluding carboxylic acids is 3. The molecular weight excluding hydrogens is 350 g/mol. The van der Waals surface area contributed by atoms with Crippen molar-refractivity contribution in [1.82, 2.24) is 20.5 Å². The molecule has 1 unspecified atom stereocenters. The highest BCUT2D eigenvalue weighted by molar-refractivity contribution is 6.05. The zero-order valence-electron chi connectivity index (χ0n) is 15.8. The van der Waals surface area contributed by atoms with E-state index in [-0.39, 0.29) is 24.5 Å². The van der Waals surface area contributed by atoms with Crippen molar-refractivity contribution in [1.29, 1.82) is 0 Å². The third-order valence-corrected chi connectivity index (χ3v) is 4.35. The molecule has 0 aromatic carbocycles. The summed E-state index contributed by atoms with van der Waals surface area (Å²) in [6.07, 6.45) is 1.48. The van der Waals surface area contributed by atoms with Crippen LogP contribution in [0.15, 0.2) is 18.3 Å². The van der Waals surface area contributed by atoms with E-state index in [0.717, 1.165) is 0 Å². The molecule has 0 radical (unpaired) electrons. The summed E-state index contributed by atoms with van der Waals surface area (Å²) in [4.78, 5) is 43.4. The molecule has 3 heterocycles. The van der Waals surface area contributed by atoms with Crippen molar-refractivity contribution in [3.8, 4) is 0 Å². The minimum absolute atomic E-state index is 0.251. The molecule has 0 spiro atoms. The van der Waals surface area contributed by atoms with Gasteiger partial charge in [-0.15, -0.1) is 0 Å². The summed E-state index contributed by atoms with van der Waals surface area (Å²) in [7, 11) is 0. The van der Waals surface area contributed by atoms with Crippen LogP contribution < -0.4 is 15.5 Å². The molecule has 0 bridgehead atoms. The number of nitrogens with zero attached hydrogens (tertiary/aromatic N) is 3. The number of rotatable bonds is 2. The molecule has 2 N–H and O–H groups in total. The van der Waals surface area contributed by atoms with E-state index in [1.165, 1.54) is 4.90 Å². The number of nitrogens with one attached hydrogen (secondary N) is 2. The van der Waals surface area contributed by atoms with E-state index in [9.17, 15) is 14.4 Å². The van der Waals surface area contributed by atoms with E-state index in [0.29, 0.717) is 37.6 Å². The van der Waals surface area contributed by atoms with Crippen LogP contribution in [-0.2, 0) is 9.53 Å². The first kappa shape index (κ1) is 19.1. The quantitative estimate of drug-likeness (QED) is 0.810. The number of ether oxygens (including phenoxy) is 1. The summed E-state index contributed by atoms with van der Waals surface area (Å²) in [6, 6.07) is 2.88. The molecule has 3 rings (SSSR count). The van der Waals surface area contributed by atoms with Gasteiger partial charge in [0.25, 0.3) is 0 Å². The normalized spacial score (nSPS) is 21.1. The highest BCUT2D eigenvalue weighted by atomic mass is 16.6. The molecule has 1 atom stereocenters. The second-order valence-corrected chi connectivity index (χ2v) is 7.59. The van der Waals surface area contributed by atoms with Crippen LogP contribution in [0.4, 0.5) is 15.3 Å². The van der Waals surface area contributed by atoms with E-state index >= 15 is 0 Å². The predicted molar refractivity (Wildman–Crippen MR) is 98.3 cm³/mol. The molecule has 146 valence electrons. The summed E-state index contributed by atoms with van der Waals surface area (Å²) >= 11 is 0. The Kier molecular flexibility index (Phi) is 5.31. The Hall–Kier alpha value is -2.68. The number of pyridine rings is 1. The largest absolute Gasteiger partial charge is 0.444 e. The van der Waals surface area contributed by atoms with Gasteiger partial charge >= 0.3 is 12.1 Å².